The van der Waals surface area contributed by atoms with Crippen molar-refractivity contribution < 1.29 is 9.53 Å². The lowest BCUT2D eigenvalue weighted by molar-refractivity contribution is 0.244. The molecule has 0 aliphatic heterocycles. The zero-order chi connectivity index (χ0) is 21.8. The van der Waals surface area contributed by atoms with Crippen LogP contribution in [0.25, 0.3) is 5.69 Å². The molecule has 0 unspecified atom stereocenters. The molecule has 1 heterocycles. The van der Waals surface area contributed by atoms with Gasteiger partial charge in [0.05, 0.1) is 0 Å². The Labute approximate surface area is 178 Å². The van der Waals surface area contributed by atoms with E-state index in [1.165, 1.54) is 4.90 Å². The van der Waals surface area contributed by atoms with Crippen molar-refractivity contribution >= 4 is 11.7 Å². The summed E-state index contributed by atoms with van der Waals surface area (Å²) in [6.45, 7) is 4.16. The molecule has 31 heavy (non-hydrogen) atoms. The lowest BCUT2D eigenvalue weighted by Gasteiger charge is -2.19. The lowest BCUT2D eigenvalue weighted by Crippen LogP contribution is -2.41. The van der Waals surface area contributed by atoms with Gasteiger partial charge in [0.25, 0.3) is 0 Å². The second-order valence-electron chi connectivity index (χ2n) is 6.83. The summed E-state index contributed by atoms with van der Waals surface area (Å²) in [5, 5.41) is 7.75. The van der Waals surface area contributed by atoms with Crippen LogP contribution in [0.3, 0.4) is 0 Å². The van der Waals surface area contributed by atoms with Crippen molar-refractivity contribution in [3.05, 3.63) is 94.9 Å². The first-order valence-corrected chi connectivity index (χ1v) is 9.84. The van der Waals surface area contributed by atoms with Gasteiger partial charge in [0.1, 0.15) is 11.4 Å². The third-order valence-corrected chi connectivity index (χ3v) is 4.72. The van der Waals surface area contributed by atoms with E-state index in [-0.39, 0.29) is 0 Å². The Morgan fingerprint density at radius 2 is 1.61 bits per heavy atom. The normalized spacial score (nSPS) is 10.6. The summed E-state index contributed by atoms with van der Waals surface area (Å²) < 4.78 is 7.71. The van der Waals surface area contributed by atoms with Gasteiger partial charge in [-0.3, -0.25) is 4.90 Å². The van der Waals surface area contributed by atoms with Crippen LogP contribution in [0, 0.1) is 6.92 Å². The monoisotopic (exact) mass is 415 g/mol. The molecule has 4 rings (SSSR count). The van der Waals surface area contributed by atoms with Crippen molar-refractivity contribution in [2.75, 3.05) is 11.4 Å². The van der Waals surface area contributed by atoms with Crippen LogP contribution in [0.5, 0.6) is 11.5 Å². The van der Waals surface area contributed by atoms with E-state index in [9.17, 15) is 9.59 Å². The number of anilines is 1. The number of hydrogen-bond donors (Lipinski definition) is 0. The number of aromatic nitrogens is 4. The van der Waals surface area contributed by atoms with Gasteiger partial charge in [0, 0.05) is 12.2 Å². The minimum absolute atomic E-state index is 0.370. The summed E-state index contributed by atoms with van der Waals surface area (Å²) >= 11 is 0. The molecule has 0 N–H and O–H groups in total. The summed E-state index contributed by atoms with van der Waals surface area (Å²) in [6.07, 6.45) is 0. The predicted molar refractivity (Wildman–Crippen MR) is 117 cm³/mol. The lowest BCUT2D eigenvalue weighted by atomic mass is 10.2. The van der Waals surface area contributed by atoms with E-state index < -0.39 is 11.7 Å². The molecule has 8 heteroatoms. The second kappa shape index (κ2) is 8.66. The van der Waals surface area contributed by atoms with Crippen molar-refractivity contribution in [3.63, 3.8) is 0 Å². The van der Waals surface area contributed by atoms with Crippen molar-refractivity contribution in [2.24, 2.45) is 0 Å². The zero-order valence-electron chi connectivity index (χ0n) is 17.2. The first-order valence-electron chi connectivity index (χ1n) is 9.84. The summed E-state index contributed by atoms with van der Waals surface area (Å²) in [5.74, 6) is 1.03. The van der Waals surface area contributed by atoms with Gasteiger partial charge in [0.2, 0.25) is 0 Å². The predicted octanol–water partition coefficient (Wildman–Crippen LogP) is 4.02. The molecule has 0 radical (unpaired) electrons. The maximum Gasteiger partial charge on any atom is 0.377 e. The fourth-order valence-corrected chi connectivity index (χ4v) is 3.12. The highest BCUT2D eigenvalue weighted by atomic mass is 16.5. The minimum Gasteiger partial charge on any atom is -0.455 e. The van der Waals surface area contributed by atoms with Gasteiger partial charge < -0.3 is 4.74 Å². The largest absolute Gasteiger partial charge is 0.455 e. The van der Waals surface area contributed by atoms with E-state index >= 15 is 0 Å². The third-order valence-electron chi connectivity index (χ3n) is 4.72. The fraction of sp³-hybridized carbons (Fsp3) is 0.130. The highest BCUT2D eigenvalue weighted by Crippen LogP contribution is 2.26. The standard InChI is InChI=1S/C23H21N5O3/c1-3-26(18-15-13-17(2)14-16-18)22(29)28-23(30)27(24-25-28)20-11-7-8-12-21(20)31-19-9-5-4-6-10-19/h4-16H,3H2,1-2H3. The number of aryl methyl sites for hydroxylation is 1. The average Bonchev–Trinajstić information content (AvgIpc) is 3.17. The molecule has 0 spiro atoms. The van der Waals surface area contributed by atoms with Gasteiger partial charge in [-0.15, -0.1) is 4.68 Å². The number of tetrazole rings is 1. The molecular weight excluding hydrogens is 394 g/mol. The van der Waals surface area contributed by atoms with Gasteiger partial charge in [0.15, 0.2) is 5.75 Å². The molecule has 4 aromatic rings. The van der Waals surface area contributed by atoms with Crippen LogP contribution in [-0.4, -0.2) is 32.4 Å². The number of para-hydroxylation sites is 3. The van der Waals surface area contributed by atoms with Crippen LogP contribution < -0.4 is 15.3 Å². The molecule has 8 nitrogen and oxygen atoms in total. The molecule has 0 fully saturated rings. The van der Waals surface area contributed by atoms with Crippen molar-refractivity contribution in [1.29, 1.82) is 0 Å². The van der Waals surface area contributed by atoms with Gasteiger partial charge in [-0.05, 0) is 60.7 Å². The molecule has 0 saturated heterocycles. The smallest absolute Gasteiger partial charge is 0.377 e. The molecule has 0 bridgehead atoms. The molecular formula is C23H21N5O3. The van der Waals surface area contributed by atoms with E-state index in [4.69, 9.17) is 4.74 Å². The average molecular weight is 415 g/mol. The van der Waals surface area contributed by atoms with Crippen LogP contribution in [0.1, 0.15) is 12.5 Å². The Morgan fingerprint density at radius 3 is 2.32 bits per heavy atom. The minimum atomic E-state index is -0.681. The number of benzene rings is 3. The fourth-order valence-electron chi connectivity index (χ4n) is 3.12. The SMILES string of the molecule is CCN(C(=O)n1nnn(-c2ccccc2Oc2ccccc2)c1=O)c1ccc(C)cc1. The molecule has 1 amide bonds. The summed E-state index contributed by atoms with van der Waals surface area (Å²) in [7, 11) is 0. The van der Waals surface area contributed by atoms with E-state index in [2.05, 4.69) is 10.4 Å². The van der Waals surface area contributed by atoms with Crippen molar-refractivity contribution in [3.8, 4) is 17.2 Å². The number of hydrogen-bond acceptors (Lipinski definition) is 5. The van der Waals surface area contributed by atoms with E-state index in [0.29, 0.717) is 29.4 Å². The molecule has 0 saturated carbocycles. The highest BCUT2D eigenvalue weighted by Gasteiger charge is 2.23. The van der Waals surface area contributed by atoms with Crippen LogP contribution >= 0.6 is 0 Å². The van der Waals surface area contributed by atoms with Crippen molar-refractivity contribution in [1.82, 2.24) is 19.8 Å². The molecule has 0 atom stereocenters. The number of amides is 1. The Kier molecular flexibility index (Phi) is 5.61. The van der Waals surface area contributed by atoms with Crippen LogP contribution in [0.4, 0.5) is 10.5 Å². The molecule has 156 valence electrons. The van der Waals surface area contributed by atoms with Crippen LogP contribution in [-0.2, 0) is 0 Å². The first-order chi connectivity index (χ1) is 15.1. The highest BCUT2D eigenvalue weighted by molar-refractivity contribution is 5.92. The van der Waals surface area contributed by atoms with E-state index in [1.807, 2.05) is 56.3 Å². The number of carbonyl (C=O) groups excluding carboxylic acids is 1. The number of nitrogens with zero attached hydrogens (tertiary/aromatic N) is 5. The first kappa shape index (κ1) is 20.1. The number of rotatable bonds is 5. The van der Waals surface area contributed by atoms with E-state index in [0.717, 1.165) is 14.9 Å². The Hall–Kier alpha value is -4.20. The molecule has 0 aliphatic rings. The summed E-state index contributed by atoms with van der Waals surface area (Å²) in [4.78, 5) is 27.5. The Morgan fingerprint density at radius 1 is 0.935 bits per heavy atom. The van der Waals surface area contributed by atoms with Gasteiger partial charge in [-0.1, -0.05) is 48.0 Å². The third kappa shape index (κ3) is 4.09. The number of ether oxygens (including phenoxy) is 1. The van der Waals surface area contributed by atoms with Crippen LogP contribution in [0.15, 0.2) is 83.7 Å². The topological polar surface area (TPSA) is 82.2 Å². The quantitative estimate of drug-likeness (QED) is 0.460. The summed E-state index contributed by atoms with van der Waals surface area (Å²) in [5.41, 5.74) is 1.45. The maximum atomic E-state index is 13.0. The Balaban J connectivity index is 1.68. The molecule has 1 aromatic heterocycles. The zero-order valence-corrected chi connectivity index (χ0v) is 17.2. The number of carbonyl (C=O) groups is 1. The van der Waals surface area contributed by atoms with Gasteiger partial charge in [-0.2, -0.15) is 4.68 Å². The second-order valence-corrected chi connectivity index (χ2v) is 6.83. The van der Waals surface area contributed by atoms with Crippen LogP contribution in [0.2, 0.25) is 0 Å². The van der Waals surface area contributed by atoms with Gasteiger partial charge in [-0.25, -0.2) is 9.59 Å². The Bertz CT molecular complexity index is 1250. The maximum absolute atomic E-state index is 13.0. The van der Waals surface area contributed by atoms with E-state index in [1.54, 1.807) is 36.4 Å². The van der Waals surface area contributed by atoms with Crippen molar-refractivity contribution in [2.45, 2.75) is 13.8 Å². The van der Waals surface area contributed by atoms with Gasteiger partial charge >= 0.3 is 11.7 Å². The summed E-state index contributed by atoms with van der Waals surface area (Å²) in [6, 6.07) is 23.0. The molecule has 3 aromatic carbocycles. The molecule has 0 aliphatic carbocycles.